The van der Waals surface area contributed by atoms with E-state index >= 15 is 0 Å². The van der Waals surface area contributed by atoms with Crippen LogP contribution in [0.15, 0.2) is 0 Å². The van der Waals surface area contributed by atoms with Crippen molar-refractivity contribution in [2.45, 2.75) is 71.1 Å². The molecular formula is C12H26NiO4S2. The smallest absolute Gasteiger partial charge is 0.263 e. The fraction of sp³-hybridized carbons (Fsp3) is 1.00. The Balaban J connectivity index is 0. The van der Waals surface area contributed by atoms with Gasteiger partial charge in [-0.15, -0.1) is 0 Å². The first-order valence-corrected chi connectivity index (χ1v) is 9.12. The fourth-order valence-electron chi connectivity index (χ4n) is 1.74. The molecule has 0 heterocycles. The molecule has 0 aromatic rings. The van der Waals surface area contributed by atoms with Crippen LogP contribution in [0.1, 0.15) is 71.1 Å². The van der Waals surface area contributed by atoms with Crippen LogP contribution in [-0.4, -0.2) is 18.7 Å². The summed E-state index contributed by atoms with van der Waals surface area (Å²) in [6, 6.07) is 0. The van der Waals surface area contributed by atoms with Gasteiger partial charge < -0.3 is 0 Å². The minimum Gasteiger partial charge on any atom is -0.263 e. The molecule has 0 amide bonds. The van der Waals surface area contributed by atoms with Crippen molar-refractivity contribution in [1.29, 1.82) is 0 Å². The van der Waals surface area contributed by atoms with Gasteiger partial charge in [0.1, 0.15) is 0 Å². The van der Waals surface area contributed by atoms with Gasteiger partial charge in [0.2, 0.25) is 0 Å². The molecule has 19 heavy (non-hydrogen) atoms. The van der Waals surface area contributed by atoms with Crippen LogP contribution in [0.5, 0.6) is 0 Å². The van der Waals surface area contributed by atoms with Gasteiger partial charge in [-0.05, 0) is 6.42 Å². The van der Waals surface area contributed by atoms with E-state index in [1.165, 1.54) is 51.4 Å². The normalized spacial score (nSPS) is 11.3. The monoisotopic (exact) mass is 356 g/mol. The topological polar surface area (TPSA) is 63.6 Å². The van der Waals surface area contributed by atoms with E-state index in [0.717, 1.165) is 24.9 Å². The van der Waals surface area contributed by atoms with E-state index in [2.05, 4.69) is 10.6 Å². The zero-order valence-corrected chi connectivity index (χ0v) is 14.2. The van der Waals surface area contributed by atoms with E-state index in [9.17, 15) is 8.42 Å². The molecule has 0 atom stereocenters. The summed E-state index contributed by atoms with van der Waals surface area (Å²) in [5.74, 6) is 0.607. The summed E-state index contributed by atoms with van der Waals surface area (Å²) in [4.78, 5) is 0. The van der Waals surface area contributed by atoms with E-state index in [1.807, 2.05) is 0 Å². The number of hydrogen-bond donors (Lipinski definition) is 1. The molecule has 0 aliphatic heterocycles. The quantitative estimate of drug-likeness (QED) is 0.229. The molecule has 7 heteroatoms. The summed E-state index contributed by atoms with van der Waals surface area (Å²) in [5, 5.41) is 0. The molecule has 1 N–H and O–H groups in total. The van der Waals surface area contributed by atoms with E-state index in [4.69, 9.17) is 4.55 Å². The van der Waals surface area contributed by atoms with Gasteiger partial charge in [-0.2, -0.15) is 12.0 Å². The number of hydrogen-bond acceptors (Lipinski definition) is 4. The van der Waals surface area contributed by atoms with Gasteiger partial charge in [0.15, 0.2) is 0 Å². The molecule has 120 valence electrons. The van der Waals surface area contributed by atoms with Crippen molar-refractivity contribution in [2.24, 2.45) is 0 Å². The zero-order chi connectivity index (χ0) is 13.7. The molecule has 0 aromatic heterocycles. The Hall–Kier alpha value is 0.714. The third kappa shape index (κ3) is 21.2. The third-order valence-electron chi connectivity index (χ3n) is 2.72. The van der Waals surface area contributed by atoms with E-state index in [0.29, 0.717) is 5.75 Å². The van der Waals surface area contributed by atoms with Crippen molar-refractivity contribution >= 4 is 22.4 Å². The Morgan fingerprint density at radius 3 is 1.74 bits per heavy atom. The second-order valence-corrected chi connectivity index (χ2v) is 6.54. The average Bonchev–Trinajstić information content (AvgIpc) is 2.29. The summed E-state index contributed by atoms with van der Waals surface area (Å²) in [5.41, 5.74) is 0. The minimum atomic E-state index is -4.27. The van der Waals surface area contributed by atoms with E-state index < -0.39 is 10.4 Å². The Kier molecular flexibility index (Phi) is 17.5. The summed E-state index contributed by atoms with van der Waals surface area (Å²) < 4.78 is 32.9. The Morgan fingerprint density at radius 1 is 0.895 bits per heavy atom. The Bertz CT molecular complexity index is 271. The summed E-state index contributed by atoms with van der Waals surface area (Å²) in [7, 11) is -4.27. The molecular weight excluding hydrogens is 331 g/mol. The predicted molar refractivity (Wildman–Crippen MR) is 76.9 cm³/mol. The second kappa shape index (κ2) is 15.1. The van der Waals surface area contributed by atoms with Gasteiger partial charge in [-0.3, -0.25) is 4.55 Å². The molecule has 0 saturated carbocycles. The van der Waals surface area contributed by atoms with Crippen LogP contribution in [0.2, 0.25) is 0 Å². The molecule has 0 rings (SSSR count). The maximum atomic E-state index is 10.2. The Labute approximate surface area is 132 Å². The van der Waals surface area contributed by atoms with Crippen LogP contribution in [0.3, 0.4) is 0 Å². The summed E-state index contributed by atoms with van der Waals surface area (Å²) in [6.07, 6.45) is 12.5. The van der Waals surface area contributed by atoms with Gasteiger partial charge in [0.25, 0.3) is 0 Å². The standard InChI is InChI=1S/C12H26O4S2.Ni/c1-2-3-4-5-6-7-8-9-10-11-12-17-16-18(13,14)15;/h2-12H2,1H3,(H,13,14,15);. The first-order valence-electron chi connectivity index (χ1n) is 6.85. The van der Waals surface area contributed by atoms with Crippen LogP contribution in [0.4, 0.5) is 0 Å². The van der Waals surface area contributed by atoms with Gasteiger partial charge in [0.05, 0.1) is 0 Å². The van der Waals surface area contributed by atoms with Crippen LogP contribution in [0.25, 0.3) is 0 Å². The van der Waals surface area contributed by atoms with Gasteiger partial charge in [-0.1, -0.05) is 64.7 Å². The molecule has 0 aromatic carbocycles. The zero-order valence-electron chi connectivity index (χ0n) is 11.6. The largest absolute Gasteiger partial charge is 0.408 e. The van der Waals surface area contributed by atoms with Crippen LogP contribution < -0.4 is 0 Å². The van der Waals surface area contributed by atoms with Crippen molar-refractivity contribution in [2.75, 3.05) is 5.75 Å². The predicted octanol–water partition coefficient (Wildman–Crippen LogP) is 4.37. The van der Waals surface area contributed by atoms with Crippen molar-refractivity contribution in [3.05, 3.63) is 0 Å². The van der Waals surface area contributed by atoms with Gasteiger partial charge >= 0.3 is 10.4 Å². The maximum Gasteiger partial charge on any atom is 0.408 e. The molecule has 0 saturated heterocycles. The van der Waals surface area contributed by atoms with Crippen molar-refractivity contribution < 1.29 is 33.1 Å². The SMILES string of the molecule is CCCCCCCCCCCCSOS(=O)(=O)O.[Ni]. The molecule has 0 unspecified atom stereocenters. The maximum absolute atomic E-state index is 10.2. The van der Waals surface area contributed by atoms with Crippen LogP contribution in [0, 0.1) is 0 Å². The molecule has 0 aliphatic rings. The molecule has 0 aliphatic carbocycles. The van der Waals surface area contributed by atoms with Crippen LogP contribution >= 0.6 is 12.0 Å². The summed E-state index contributed by atoms with van der Waals surface area (Å²) in [6.45, 7) is 2.23. The first kappa shape index (κ1) is 22.0. The molecule has 4 nitrogen and oxygen atoms in total. The third-order valence-corrected chi connectivity index (χ3v) is 4.24. The van der Waals surface area contributed by atoms with E-state index in [-0.39, 0.29) is 16.5 Å². The molecule has 0 bridgehead atoms. The fourth-order valence-corrected chi connectivity index (χ4v) is 2.82. The molecule has 0 fully saturated rings. The van der Waals surface area contributed by atoms with E-state index in [1.54, 1.807) is 0 Å². The molecule has 0 spiro atoms. The first-order chi connectivity index (χ1) is 8.56. The van der Waals surface area contributed by atoms with Gasteiger partial charge in [-0.25, -0.2) is 0 Å². The average molecular weight is 357 g/mol. The summed E-state index contributed by atoms with van der Waals surface area (Å²) >= 11 is 0.800. The van der Waals surface area contributed by atoms with Crippen molar-refractivity contribution in [1.82, 2.24) is 0 Å². The van der Waals surface area contributed by atoms with Crippen molar-refractivity contribution in [3.63, 3.8) is 0 Å². The molecule has 0 radical (unpaired) electrons. The number of rotatable bonds is 13. The second-order valence-electron chi connectivity index (χ2n) is 4.50. The van der Waals surface area contributed by atoms with Crippen LogP contribution in [-0.2, 0) is 30.5 Å². The Morgan fingerprint density at radius 2 is 1.32 bits per heavy atom. The number of unbranched alkanes of at least 4 members (excludes halogenated alkanes) is 9. The van der Waals surface area contributed by atoms with Gasteiger partial charge in [0, 0.05) is 34.3 Å². The minimum absolute atomic E-state index is 0. The van der Waals surface area contributed by atoms with Crippen molar-refractivity contribution in [3.8, 4) is 0 Å².